The normalized spacial score (nSPS) is 20.9. The third-order valence-electron chi connectivity index (χ3n) is 3.13. The first-order chi connectivity index (χ1) is 7.56. The Morgan fingerprint density at radius 1 is 1.31 bits per heavy atom. The topological polar surface area (TPSA) is 62.4 Å². The summed E-state index contributed by atoms with van der Waals surface area (Å²) in [5.41, 5.74) is 2.84. The molecule has 0 bridgehead atoms. The lowest BCUT2D eigenvalue weighted by molar-refractivity contribution is 0.288. The minimum absolute atomic E-state index is 0.167. The number of guanidine groups is 1. The third-order valence-corrected chi connectivity index (χ3v) is 3.13. The summed E-state index contributed by atoms with van der Waals surface area (Å²) in [6.07, 6.45) is 6.35. The van der Waals surface area contributed by atoms with Gasteiger partial charge in [-0.05, 0) is 25.7 Å². The molecule has 0 saturated heterocycles. The van der Waals surface area contributed by atoms with E-state index in [4.69, 9.17) is 5.84 Å². The predicted octanol–water partition coefficient (Wildman–Crippen LogP) is 1.77. The third kappa shape index (κ3) is 4.39. The molecule has 0 aromatic heterocycles. The Morgan fingerprint density at radius 2 is 1.94 bits per heavy atom. The van der Waals surface area contributed by atoms with Gasteiger partial charge in [-0.25, -0.2) is 5.84 Å². The lowest BCUT2D eigenvalue weighted by atomic mass is 9.83. The van der Waals surface area contributed by atoms with Gasteiger partial charge in [0.15, 0.2) is 0 Å². The summed E-state index contributed by atoms with van der Waals surface area (Å²) < 4.78 is 0. The Hall–Kier alpha value is -0.770. The first-order valence-electron chi connectivity index (χ1n) is 6.35. The van der Waals surface area contributed by atoms with E-state index in [1.807, 2.05) is 0 Å². The van der Waals surface area contributed by atoms with Crippen molar-refractivity contribution in [2.45, 2.75) is 58.4 Å². The van der Waals surface area contributed by atoms with Crippen molar-refractivity contribution in [1.29, 1.82) is 0 Å². The van der Waals surface area contributed by atoms with Crippen molar-refractivity contribution in [3.05, 3.63) is 0 Å². The molecule has 0 aromatic rings. The Labute approximate surface area is 99.1 Å². The number of nitrogens with two attached hydrogens (primary N) is 1. The molecule has 0 unspecified atom stereocenters. The second-order valence-corrected chi connectivity index (χ2v) is 5.47. The van der Waals surface area contributed by atoms with Crippen molar-refractivity contribution < 1.29 is 0 Å². The van der Waals surface area contributed by atoms with Gasteiger partial charge < -0.3 is 5.32 Å². The van der Waals surface area contributed by atoms with Crippen LogP contribution in [-0.4, -0.2) is 18.0 Å². The van der Waals surface area contributed by atoms with Gasteiger partial charge in [0.25, 0.3) is 0 Å². The molecule has 1 fully saturated rings. The summed E-state index contributed by atoms with van der Waals surface area (Å²) in [5.74, 6) is 6.79. The fraction of sp³-hybridized carbons (Fsp3) is 0.917. The molecule has 0 radical (unpaired) electrons. The summed E-state index contributed by atoms with van der Waals surface area (Å²) >= 11 is 0. The van der Waals surface area contributed by atoms with Crippen LogP contribution < -0.4 is 16.6 Å². The predicted molar refractivity (Wildman–Crippen MR) is 69.1 cm³/mol. The maximum Gasteiger partial charge on any atom is 0.206 e. The van der Waals surface area contributed by atoms with Gasteiger partial charge >= 0.3 is 0 Å². The molecule has 0 amide bonds. The summed E-state index contributed by atoms with van der Waals surface area (Å²) in [6.45, 7) is 7.37. The van der Waals surface area contributed by atoms with Crippen LogP contribution in [0.4, 0.5) is 0 Å². The summed E-state index contributed by atoms with van der Waals surface area (Å²) in [5, 5.41) is 3.45. The van der Waals surface area contributed by atoms with E-state index in [-0.39, 0.29) is 5.54 Å². The number of hydrazine groups is 1. The van der Waals surface area contributed by atoms with Crippen LogP contribution in [0.25, 0.3) is 0 Å². The lowest BCUT2D eigenvalue weighted by Crippen LogP contribution is -2.53. The van der Waals surface area contributed by atoms with Crippen molar-refractivity contribution in [3.8, 4) is 0 Å². The zero-order valence-corrected chi connectivity index (χ0v) is 10.8. The Morgan fingerprint density at radius 3 is 2.44 bits per heavy atom. The molecular weight excluding hydrogens is 200 g/mol. The number of hydrogen-bond donors (Lipinski definition) is 3. The van der Waals surface area contributed by atoms with Gasteiger partial charge in [-0.15, -0.1) is 0 Å². The second kappa shape index (κ2) is 6.09. The minimum Gasteiger partial charge on any atom is -0.350 e. The molecule has 1 aliphatic carbocycles. The SMILES string of the molecule is CC(C)CN=C(NN)NC1(C)CCCCC1. The molecule has 1 aliphatic rings. The standard InChI is InChI=1S/C12H26N4/c1-10(2)9-14-11(16-13)15-12(3)7-5-4-6-8-12/h10H,4-9,13H2,1-3H3,(H2,14,15,16). The smallest absolute Gasteiger partial charge is 0.206 e. The number of hydrogen-bond acceptors (Lipinski definition) is 2. The van der Waals surface area contributed by atoms with Crippen LogP contribution in [0.1, 0.15) is 52.9 Å². The van der Waals surface area contributed by atoms with Crippen LogP contribution in [0, 0.1) is 5.92 Å². The van der Waals surface area contributed by atoms with Gasteiger partial charge in [0.2, 0.25) is 5.96 Å². The van der Waals surface area contributed by atoms with Crippen LogP contribution in [0.15, 0.2) is 4.99 Å². The van der Waals surface area contributed by atoms with Crippen molar-refractivity contribution in [3.63, 3.8) is 0 Å². The molecule has 4 nitrogen and oxygen atoms in total. The van der Waals surface area contributed by atoms with E-state index in [1.165, 1.54) is 32.1 Å². The maximum absolute atomic E-state index is 5.49. The molecule has 0 aliphatic heterocycles. The van der Waals surface area contributed by atoms with Crippen LogP contribution >= 0.6 is 0 Å². The van der Waals surface area contributed by atoms with Crippen LogP contribution in [0.3, 0.4) is 0 Å². The van der Waals surface area contributed by atoms with Crippen molar-refractivity contribution in [1.82, 2.24) is 10.7 Å². The largest absolute Gasteiger partial charge is 0.350 e. The molecule has 94 valence electrons. The van der Waals surface area contributed by atoms with Gasteiger partial charge in [-0.2, -0.15) is 0 Å². The average Bonchev–Trinajstić information content (AvgIpc) is 2.25. The molecule has 0 atom stereocenters. The highest BCUT2D eigenvalue weighted by atomic mass is 15.3. The van der Waals surface area contributed by atoms with Crippen molar-refractivity contribution in [2.75, 3.05) is 6.54 Å². The number of nitrogens with one attached hydrogen (secondary N) is 2. The zero-order chi connectivity index (χ0) is 12.0. The molecule has 1 saturated carbocycles. The molecule has 1 rings (SSSR count). The first kappa shape index (κ1) is 13.3. The highest BCUT2D eigenvalue weighted by molar-refractivity contribution is 5.79. The van der Waals surface area contributed by atoms with Gasteiger partial charge in [-0.1, -0.05) is 33.1 Å². The Bertz CT molecular complexity index is 229. The number of rotatable bonds is 3. The second-order valence-electron chi connectivity index (χ2n) is 5.47. The van der Waals surface area contributed by atoms with Gasteiger partial charge in [0.1, 0.15) is 0 Å². The summed E-state index contributed by atoms with van der Waals surface area (Å²) in [6, 6.07) is 0. The molecule has 4 N–H and O–H groups in total. The summed E-state index contributed by atoms with van der Waals surface area (Å²) in [4.78, 5) is 4.45. The lowest BCUT2D eigenvalue weighted by Gasteiger charge is -2.35. The van der Waals surface area contributed by atoms with Gasteiger partial charge in [-0.3, -0.25) is 10.4 Å². The average molecular weight is 226 g/mol. The highest BCUT2D eigenvalue weighted by Gasteiger charge is 2.27. The van der Waals surface area contributed by atoms with E-state index in [1.54, 1.807) is 0 Å². The van der Waals surface area contributed by atoms with Gasteiger partial charge in [0, 0.05) is 12.1 Å². The molecule has 0 aromatic carbocycles. The van der Waals surface area contributed by atoms with Crippen molar-refractivity contribution >= 4 is 5.96 Å². The van der Waals surface area contributed by atoms with Crippen LogP contribution in [-0.2, 0) is 0 Å². The minimum atomic E-state index is 0.167. The van der Waals surface area contributed by atoms with Crippen LogP contribution in [0.5, 0.6) is 0 Å². The fourth-order valence-corrected chi connectivity index (χ4v) is 2.14. The molecule has 0 heterocycles. The van der Waals surface area contributed by atoms with E-state index in [9.17, 15) is 0 Å². The molecule has 16 heavy (non-hydrogen) atoms. The van der Waals surface area contributed by atoms with Crippen LogP contribution in [0.2, 0.25) is 0 Å². The van der Waals surface area contributed by atoms with E-state index in [0.29, 0.717) is 5.92 Å². The first-order valence-corrected chi connectivity index (χ1v) is 6.35. The van der Waals surface area contributed by atoms with E-state index in [2.05, 4.69) is 36.5 Å². The quantitative estimate of drug-likeness (QED) is 0.297. The maximum atomic E-state index is 5.49. The van der Waals surface area contributed by atoms with E-state index in [0.717, 1.165) is 12.5 Å². The van der Waals surface area contributed by atoms with E-state index < -0.39 is 0 Å². The Kier molecular flexibility index (Phi) is 5.06. The van der Waals surface area contributed by atoms with Gasteiger partial charge in [0.05, 0.1) is 0 Å². The zero-order valence-electron chi connectivity index (χ0n) is 10.8. The molecule has 4 heteroatoms. The number of aliphatic imine (C=N–C) groups is 1. The molecular formula is C12H26N4. The number of nitrogens with zero attached hydrogens (tertiary/aromatic N) is 1. The monoisotopic (exact) mass is 226 g/mol. The fourth-order valence-electron chi connectivity index (χ4n) is 2.14. The highest BCUT2D eigenvalue weighted by Crippen LogP contribution is 2.27. The van der Waals surface area contributed by atoms with Crippen molar-refractivity contribution in [2.24, 2.45) is 16.8 Å². The van der Waals surface area contributed by atoms with E-state index >= 15 is 0 Å². The summed E-state index contributed by atoms with van der Waals surface area (Å²) in [7, 11) is 0. The Balaban J connectivity index is 2.50. The molecule has 0 spiro atoms.